The molecule has 8 heteroatoms. The highest BCUT2D eigenvalue weighted by Gasteiger charge is 2.38. The minimum absolute atomic E-state index is 0. The van der Waals surface area contributed by atoms with Crippen LogP contribution >= 0.6 is 23.7 Å². The molecule has 0 aliphatic carbocycles. The molecular formula is C14H25ClN4O2S. The Bertz CT molecular complexity index is 495. The van der Waals surface area contributed by atoms with Crippen LogP contribution in [0.2, 0.25) is 0 Å². The van der Waals surface area contributed by atoms with Gasteiger partial charge in [0.25, 0.3) is 0 Å². The maximum Gasteiger partial charge on any atom is 0.228 e. The summed E-state index contributed by atoms with van der Waals surface area (Å²) in [5.74, 6) is 0.000749. The van der Waals surface area contributed by atoms with Crippen LogP contribution in [0.25, 0.3) is 0 Å². The Balaban J connectivity index is 0.00000242. The van der Waals surface area contributed by atoms with Crippen molar-refractivity contribution in [3.63, 3.8) is 0 Å². The van der Waals surface area contributed by atoms with E-state index in [9.17, 15) is 4.79 Å². The van der Waals surface area contributed by atoms with Gasteiger partial charge in [-0.1, -0.05) is 32.1 Å². The van der Waals surface area contributed by atoms with Crippen molar-refractivity contribution >= 4 is 29.7 Å². The van der Waals surface area contributed by atoms with Gasteiger partial charge in [-0.3, -0.25) is 4.79 Å². The Kier molecular flexibility index (Phi) is 6.73. The largest absolute Gasteiger partial charge is 0.381 e. The highest BCUT2D eigenvalue weighted by Crippen LogP contribution is 2.30. The maximum absolute atomic E-state index is 12.4. The van der Waals surface area contributed by atoms with Crippen LogP contribution in [0, 0.1) is 5.41 Å². The molecule has 126 valence electrons. The van der Waals surface area contributed by atoms with E-state index in [1.165, 1.54) is 0 Å². The average Bonchev–Trinajstić information content (AvgIpc) is 2.94. The van der Waals surface area contributed by atoms with Crippen LogP contribution in [0.3, 0.4) is 0 Å². The number of hydrogen-bond acceptors (Lipinski definition) is 6. The molecule has 0 radical (unpaired) electrons. The summed E-state index contributed by atoms with van der Waals surface area (Å²) < 4.78 is 5.32. The predicted octanol–water partition coefficient (Wildman–Crippen LogP) is 1.63. The molecule has 6 nitrogen and oxygen atoms in total. The number of carbonyl (C=O) groups is 1. The van der Waals surface area contributed by atoms with Crippen molar-refractivity contribution < 1.29 is 9.53 Å². The van der Waals surface area contributed by atoms with Gasteiger partial charge in [-0.15, -0.1) is 22.6 Å². The predicted molar refractivity (Wildman–Crippen MR) is 89.2 cm³/mol. The number of ether oxygens (including phenoxy) is 1. The minimum atomic E-state index is -0.490. The maximum atomic E-state index is 12.4. The zero-order valence-electron chi connectivity index (χ0n) is 13.3. The fourth-order valence-electron chi connectivity index (χ4n) is 2.26. The molecule has 1 amide bonds. The standard InChI is InChI=1S/C14H24N4O2S.ClH/c1-13(2,3)12-18-17-10(21-12)8-16-11(19)14(9-15)4-6-20-7-5-14;/h4-9,15H2,1-3H3,(H,16,19);1H. The van der Waals surface area contributed by atoms with Gasteiger partial charge < -0.3 is 15.8 Å². The Morgan fingerprint density at radius 3 is 2.50 bits per heavy atom. The molecule has 3 N–H and O–H groups in total. The molecule has 1 aliphatic rings. The second kappa shape index (κ2) is 7.68. The quantitative estimate of drug-likeness (QED) is 0.863. The van der Waals surface area contributed by atoms with Crippen molar-refractivity contribution in [2.45, 2.75) is 45.6 Å². The first-order chi connectivity index (χ1) is 9.87. The van der Waals surface area contributed by atoms with E-state index in [0.29, 0.717) is 39.1 Å². The molecule has 0 unspecified atom stereocenters. The summed E-state index contributed by atoms with van der Waals surface area (Å²) in [6.45, 7) is 8.25. The molecule has 0 saturated carbocycles. The third-order valence-corrected chi connectivity index (χ3v) is 5.18. The van der Waals surface area contributed by atoms with E-state index >= 15 is 0 Å². The number of nitrogens with one attached hydrogen (secondary N) is 1. The Morgan fingerprint density at radius 1 is 1.36 bits per heavy atom. The second-order valence-corrected chi connectivity index (χ2v) is 7.59. The SMILES string of the molecule is CC(C)(C)c1nnc(CNC(=O)C2(CN)CCOCC2)s1.Cl. The number of hydrogen-bond donors (Lipinski definition) is 2. The first-order valence-corrected chi connectivity index (χ1v) is 8.08. The minimum Gasteiger partial charge on any atom is -0.381 e. The number of nitrogens with zero attached hydrogens (tertiary/aromatic N) is 2. The highest BCUT2D eigenvalue weighted by molar-refractivity contribution is 7.11. The van der Waals surface area contributed by atoms with E-state index in [2.05, 4.69) is 36.3 Å². The number of halogens is 1. The average molecular weight is 349 g/mol. The summed E-state index contributed by atoms with van der Waals surface area (Å²) in [6, 6.07) is 0. The fourth-order valence-corrected chi connectivity index (χ4v) is 3.09. The Labute approximate surface area is 141 Å². The van der Waals surface area contributed by atoms with Crippen LogP contribution < -0.4 is 11.1 Å². The van der Waals surface area contributed by atoms with Gasteiger partial charge in [0, 0.05) is 25.2 Å². The lowest BCUT2D eigenvalue weighted by Gasteiger charge is -2.34. The highest BCUT2D eigenvalue weighted by atomic mass is 35.5. The third-order valence-electron chi connectivity index (χ3n) is 3.83. The molecule has 2 heterocycles. The number of rotatable bonds is 4. The van der Waals surface area contributed by atoms with Crippen molar-refractivity contribution in [3.8, 4) is 0 Å². The molecule has 0 spiro atoms. The van der Waals surface area contributed by atoms with Gasteiger partial charge in [-0.05, 0) is 12.8 Å². The van der Waals surface area contributed by atoms with Gasteiger partial charge in [-0.25, -0.2) is 0 Å². The van der Waals surface area contributed by atoms with Crippen LogP contribution in [0.1, 0.15) is 43.6 Å². The summed E-state index contributed by atoms with van der Waals surface area (Å²) in [4.78, 5) is 12.4. The van der Waals surface area contributed by atoms with Gasteiger partial charge in [0.1, 0.15) is 10.0 Å². The number of carbonyl (C=O) groups excluding carboxylic acids is 1. The molecule has 1 fully saturated rings. The summed E-state index contributed by atoms with van der Waals surface area (Å²) in [7, 11) is 0. The van der Waals surface area contributed by atoms with Crippen molar-refractivity contribution in [1.82, 2.24) is 15.5 Å². The number of nitrogens with two attached hydrogens (primary N) is 1. The number of aromatic nitrogens is 2. The van der Waals surface area contributed by atoms with Crippen molar-refractivity contribution in [1.29, 1.82) is 0 Å². The van der Waals surface area contributed by atoms with Gasteiger partial charge in [0.2, 0.25) is 5.91 Å². The fraction of sp³-hybridized carbons (Fsp3) is 0.786. The molecular weight excluding hydrogens is 324 g/mol. The molecule has 1 aromatic rings. The molecule has 1 aromatic heterocycles. The topological polar surface area (TPSA) is 90.1 Å². The number of amides is 1. The van der Waals surface area contributed by atoms with Gasteiger partial charge in [-0.2, -0.15) is 0 Å². The zero-order chi connectivity index (χ0) is 15.5. The van der Waals surface area contributed by atoms with Gasteiger partial charge >= 0.3 is 0 Å². The molecule has 22 heavy (non-hydrogen) atoms. The van der Waals surface area contributed by atoms with E-state index in [0.717, 1.165) is 10.0 Å². The van der Waals surface area contributed by atoms with Crippen LogP contribution in [0.4, 0.5) is 0 Å². The van der Waals surface area contributed by atoms with E-state index < -0.39 is 5.41 Å². The van der Waals surface area contributed by atoms with Crippen molar-refractivity contribution in [3.05, 3.63) is 10.0 Å². The lowest BCUT2D eigenvalue weighted by Crippen LogP contribution is -2.48. The lowest BCUT2D eigenvalue weighted by atomic mass is 9.79. The first-order valence-electron chi connectivity index (χ1n) is 7.26. The van der Waals surface area contributed by atoms with E-state index in [4.69, 9.17) is 10.5 Å². The molecule has 0 aromatic carbocycles. The Morgan fingerprint density at radius 2 is 2.00 bits per heavy atom. The first kappa shape index (κ1) is 19.3. The van der Waals surface area contributed by atoms with E-state index in [1.54, 1.807) is 11.3 Å². The molecule has 1 saturated heterocycles. The second-order valence-electron chi connectivity index (χ2n) is 6.53. The molecule has 2 rings (SSSR count). The zero-order valence-corrected chi connectivity index (χ0v) is 15.0. The van der Waals surface area contributed by atoms with Crippen LogP contribution in [0.15, 0.2) is 0 Å². The molecule has 0 bridgehead atoms. The van der Waals surface area contributed by atoms with Crippen molar-refractivity contribution in [2.24, 2.45) is 11.1 Å². The molecule has 0 atom stereocenters. The summed E-state index contributed by atoms with van der Waals surface area (Å²) in [6.07, 6.45) is 1.36. The monoisotopic (exact) mass is 348 g/mol. The third kappa shape index (κ3) is 4.38. The summed E-state index contributed by atoms with van der Waals surface area (Å²) in [5.41, 5.74) is 5.32. The summed E-state index contributed by atoms with van der Waals surface area (Å²) >= 11 is 1.54. The smallest absolute Gasteiger partial charge is 0.228 e. The van der Waals surface area contributed by atoms with Gasteiger partial charge in [0.05, 0.1) is 12.0 Å². The normalized spacial score (nSPS) is 17.6. The van der Waals surface area contributed by atoms with Crippen LogP contribution in [-0.2, 0) is 21.5 Å². The summed E-state index contributed by atoms with van der Waals surface area (Å²) in [5, 5.41) is 13.1. The van der Waals surface area contributed by atoms with E-state index in [1.807, 2.05) is 0 Å². The Hall–Kier alpha value is -0.760. The lowest BCUT2D eigenvalue weighted by molar-refractivity contribution is -0.136. The van der Waals surface area contributed by atoms with Crippen LogP contribution in [-0.4, -0.2) is 35.9 Å². The van der Waals surface area contributed by atoms with Crippen molar-refractivity contribution in [2.75, 3.05) is 19.8 Å². The van der Waals surface area contributed by atoms with E-state index in [-0.39, 0.29) is 23.7 Å². The molecule has 1 aliphatic heterocycles. The van der Waals surface area contributed by atoms with Crippen LogP contribution in [0.5, 0.6) is 0 Å². The van der Waals surface area contributed by atoms with Gasteiger partial charge in [0.15, 0.2) is 0 Å².